The Bertz CT molecular complexity index is 797. The summed E-state index contributed by atoms with van der Waals surface area (Å²) in [6.45, 7) is 3.98. The fourth-order valence-corrected chi connectivity index (χ4v) is 4.56. The van der Waals surface area contributed by atoms with Crippen LogP contribution in [-0.4, -0.2) is 22.4 Å². The predicted octanol–water partition coefficient (Wildman–Crippen LogP) is 5.54. The van der Waals surface area contributed by atoms with Crippen LogP contribution in [0, 0.1) is 0 Å². The highest BCUT2D eigenvalue weighted by molar-refractivity contribution is 7.99. The molecule has 0 aliphatic heterocycles. The van der Waals surface area contributed by atoms with E-state index in [2.05, 4.69) is 48.1 Å². The number of rotatable bonds is 6. The van der Waals surface area contributed by atoms with Gasteiger partial charge in [0.25, 0.3) is 0 Å². The van der Waals surface area contributed by atoms with Gasteiger partial charge in [-0.15, -0.1) is 23.1 Å². The quantitative estimate of drug-likeness (QED) is 0.432. The smallest absolute Gasteiger partial charge is 0.128 e. The first-order chi connectivity index (χ1) is 11.3. The fraction of sp³-hybridized carbons (Fsp3) is 0.333. The van der Waals surface area contributed by atoms with Gasteiger partial charge < -0.3 is 0 Å². The SMILES string of the molecule is CCc1ccc(-c2c(CC)sc3ncnc(SCCF)c23)cc1. The van der Waals surface area contributed by atoms with Crippen LogP contribution in [0.4, 0.5) is 4.39 Å². The monoisotopic (exact) mass is 346 g/mol. The first-order valence-corrected chi connectivity index (χ1v) is 9.63. The van der Waals surface area contributed by atoms with Crippen molar-refractivity contribution < 1.29 is 4.39 Å². The van der Waals surface area contributed by atoms with Crippen LogP contribution in [0.5, 0.6) is 0 Å². The number of fused-ring (bicyclic) bond motifs is 1. The minimum Gasteiger partial charge on any atom is -0.250 e. The summed E-state index contributed by atoms with van der Waals surface area (Å²) in [6, 6.07) is 8.71. The Balaban J connectivity index is 2.19. The molecule has 2 aromatic heterocycles. The topological polar surface area (TPSA) is 25.8 Å². The van der Waals surface area contributed by atoms with Crippen molar-refractivity contribution in [2.45, 2.75) is 31.7 Å². The van der Waals surface area contributed by atoms with Crippen LogP contribution in [0.1, 0.15) is 24.3 Å². The zero-order valence-corrected chi connectivity index (χ0v) is 14.9. The van der Waals surface area contributed by atoms with Crippen molar-refractivity contribution in [1.29, 1.82) is 0 Å². The van der Waals surface area contributed by atoms with Gasteiger partial charge in [-0.25, -0.2) is 9.97 Å². The van der Waals surface area contributed by atoms with E-state index in [9.17, 15) is 4.39 Å². The summed E-state index contributed by atoms with van der Waals surface area (Å²) >= 11 is 3.19. The molecule has 0 atom stereocenters. The van der Waals surface area contributed by atoms with E-state index in [1.54, 1.807) is 17.7 Å². The van der Waals surface area contributed by atoms with Crippen molar-refractivity contribution in [3.8, 4) is 11.1 Å². The molecule has 0 amide bonds. The summed E-state index contributed by atoms with van der Waals surface area (Å²) in [5.41, 5.74) is 3.74. The number of thiophene rings is 1. The summed E-state index contributed by atoms with van der Waals surface area (Å²) < 4.78 is 12.6. The van der Waals surface area contributed by atoms with E-state index in [1.807, 2.05) is 0 Å². The number of halogens is 1. The lowest BCUT2D eigenvalue weighted by Crippen LogP contribution is -1.90. The number of aromatic nitrogens is 2. The maximum absolute atomic E-state index is 12.6. The molecule has 3 rings (SSSR count). The van der Waals surface area contributed by atoms with Crippen LogP contribution in [0.25, 0.3) is 21.3 Å². The number of nitrogens with zero attached hydrogens (tertiary/aromatic N) is 2. The van der Waals surface area contributed by atoms with E-state index >= 15 is 0 Å². The molecule has 0 saturated carbocycles. The first-order valence-electron chi connectivity index (χ1n) is 7.82. The lowest BCUT2D eigenvalue weighted by Gasteiger charge is -2.07. The molecule has 2 heterocycles. The van der Waals surface area contributed by atoms with Gasteiger partial charge in [-0.05, 0) is 24.0 Å². The maximum Gasteiger partial charge on any atom is 0.128 e. The standard InChI is InChI=1S/C18H19FN2S2/c1-3-12-5-7-13(8-6-12)15-14(4-2)23-18-16(15)17(20-11-21-18)22-10-9-19/h5-8,11H,3-4,9-10H2,1-2H3. The van der Waals surface area contributed by atoms with Crippen LogP contribution in [-0.2, 0) is 12.8 Å². The Kier molecular flexibility index (Phi) is 5.28. The van der Waals surface area contributed by atoms with Gasteiger partial charge in [0.15, 0.2) is 0 Å². The van der Waals surface area contributed by atoms with Gasteiger partial charge in [-0.3, -0.25) is 4.39 Å². The molecule has 1 aromatic carbocycles. The second kappa shape index (κ2) is 7.41. The molecular weight excluding hydrogens is 327 g/mol. The van der Waals surface area contributed by atoms with Crippen LogP contribution in [0.3, 0.4) is 0 Å². The van der Waals surface area contributed by atoms with Gasteiger partial charge in [0, 0.05) is 16.2 Å². The average molecular weight is 346 g/mol. The number of benzene rings is 1. The van der Waals surface area contributed by atoms with E-state index in [0.29, 0.717) is 5.75 Å². The van der Waals surface area contributed by atoms with Crippen molar-refractivity contribution in [3.63, 3.8) is 0 Å². The van der Waals surface area contributed by atoms with E-state index in [1.165, 1.54) is 33.3 Å². The molecule has 0 fully saturated rings. The van der Waals surface area contributed by atoms with E-state index < -0.39 is 0 Å². The lowest BCUT2D eigenvalue weighted by atomic mass is 10.0. The molecule has 0 saturated heterocycles. The second-order valence-corrected chi connectivity index (χ2v) is 7.37. The zero-order chi connectivity index (χ0) is 16.2. The number of alkyl halides is 1. The Morgan fingerprint density at radius 1 is 1.09 bits per heavy atom. The molecule has 0 aliphatic carbocycles. The van der Waals surface area contributed by atoms with E-state index in [-0.39, 0.29) is 6.67 Å². The third kappa shape index (κ3) is 3.26. The van der Waals surface area contributed by atoms with Crippen LogP contribution < -0.4 is 0 Å². The molecule has 120 valence electrons. The Labute approximate surface area is 144 Å². The van der Waals surface area contributed by atoms with E-state index in [4.69, 9.17) is 0 Å². The van der Waals surface area contributed by atoms with Gasteiger partial charge in [0.05, 0.1) is 12.1 Å². The van der Waals surface area contributed by atoms with Crippen LogP contribution >= 0.6 is 23.1 Å². The van der Waals surface area contributed by atoms with Gasteiger partial charge in [0.2, 0.25) is 0 Å². The maximum atomic E-state index is 12.6. The number of aryl methyl sites for hydroxylation is 2. The van der Waals surface area contributed by atoms with Gasteiger partial charge in [0.1, 0.15) is 16.2 Å². The molecule has 0 radical (unpaired) electrons. The van der Waals surface area contributed by atoms with E-state index in [0.717, 1.165) is 28.1 Å². The molecule has 0 aliphatic rings. The van der Waals surface area contributed by atoms with Crippen molar-refractivity contribution in [2.75, 3.05) is 12.4 Å². The molecule has 2 nitrogen and oxygen atoms in total. The Hall–Kier alpha value is -1.46. The third-order valence-electron chi connectivity index (χ3n) is 3.81. The molecule has 3 aromatic rings. The summed E-state index contributed by atoms with van der Waals surface area (Å²) in [7, 11) is 0. The molecule has 0 bridgehead atoms. The molecule has 0 N–H and O–H groups in total. The summed E-state index contributed by atoms with van der Waals surface area (Å²) in [5, 5.41) is 1.97. The minimum absolute atomic E-state index is 0.346. The number of hydrogen-bond donors (Lipinski definition) is 0. The first kappa shape index (κ1) is 16.4. The van der Waals surface area contributed by atoms with Crippen molar-refractivity contribution in [3.05, 3.63) is 41.0 Å². The average Bonchev–Trinajstić information content (AvgIpc) is 2.99. The summed E-state index contributed by atoms with van der Waals surface area (Å²) in [4.78, 5) is 11.1. The normalized spacial score (nSPS) is 11.3. The van der Waals surface area contributed by atoms with Crippen molar-refractivity contribution >= 4 is 33.3 Å². The zero-order valence-electron chi connectivity index (χ0n) is 13.3. The highest BCUT2D eigenvalue weighted by Crippen LogP contribution is 2.41. The van der Waals surface area contributed by atoms with Gasteiger partial charge >= 0.3 is 0 Å². The fourth-order valence-electron chi connectivity index (χ4n) is 2.66. The molecule has 5 heteroatoms. The highest BCUT2D eigenvalue weighted by Gasteiger charge is 2.18. The number of thioether (sulfide) groups is 1. The molecular formula is C18H19FN2S2. The highest BCUT2D eigenvalue weighted by atomic mass is 32.2. The van der Waals surface area contributed by atoms with Crippen LogP contribution in [0.15, 0.2) is 35.6 Å². The molecule has 0 unspecified atom stereocenters. The Morgan fingerprint density at radius 3 is 2.52 bits per heavy atom. The molecule has 0 spiro atoms. The van der Waals surface area contributed by atoms with Crippen molar-refractivity contribution in [2.24, 2.45) is 0 Å². The Morgan fingerprint density at radius 2 is 1.87 bits per heavy atom. The number of hydrogen-bond acceptors (Lipinski definition) is 4. The van der Waals surface area contributed by atoms with Crippen LogP contribution in [0.2, 0.25) is 0 Å². The lowest BCUT2D eigenvalue weighted by molar-refractivity contribution is 0.532. The summed E-state index contributed by atoms with van der Waals surface area (Å²) in [6.07, 6.45) is 3.58. The third-order valence-corrected chi connectivity index (χ3v) is 6.00. The van der Waals surface area contributed by atoms with Gasteiger partial charge in [-0.1, -0.05) is 38.1 Å². The minimum atomic E-state index is -0.346. The van der Waals surface area contributed by atoms with Gasteiger partial charge in [-0.2, -0.15) is 0 Å². The largest absolute Gasteiger partial charge is 0.250 e. The summed E-state index contributed by atoms with van der Waals surface area (Å²) in [5.74, 6) is 0.428. The second-order valence-electron chi connectivity index (χ2n) is 5.20. The van der Waals surface area contributed by atoms with Crippen molar-refractivity contribution in [1.82, 2.24) is 9.97 Å². The predicted molar refractivity (Wildman–Crippen MR) is 98.3 cm³/mol. The molecule has 23 heavy (non-hydrogen) atoms.